The van der Waals surface area contributed by atoms with Gasteiger partial charge in [0.2, 0.25) is 0 Å². The normalized spacial score (nSPS) is 10.3. The van der Waals surface area contributed by atoms with Gasteiger partial charge in [-0.15, -0.1) is 5.10 Å². The lowest BCUT2D eigenvalue weighted by atomic mass is 10.1. The molecule has 2 aromatic rings. The number of hydrogen-bond acceptors (Lipinski definition) is 4. The molecular weight excluding hydrogens is 256 g/mol. The quantitative estimate of drug-likeness (QED) is 0.925. The lowest BCUT2D eigenvalue weighted by Crippen LogP contribution is -2.08. The van der Waals surface area contributed by atoms with Gasteiger partial charge in [-0.3, -0.25) is 0 Å². The number of hydrogen-bond donors (Lipinski definition) is 1. The van der Waals surface area contributed by atoms with Crippen molar-refractivity contribution in [2.75, 3.05) is 0 Å². The predicted octanol–water partition coefficient (Wildman–Crippen LogP) is 3.15. The van der Waals surface area contributed by atoms with Gasteiger partial charge in [-0.05, 0) is 43.5 Å². The van der Waals surface area contributed by atoms with Crippen LogP contribution in [0.5, 0.6) is 11.6 Å². The van der Waals surface area contributed by atoms with Crippen molar-refractivity contribution in [3.8, 4) is 11.6 Å². The Morgan fingerprint density at radius 2 is 1.85 bits per heavy atom. The molecule has 5 heteroatoms. The highest BCUT2D eigenvalue weighted by molar-refractivity contribution is 5.92. The summed E-state index contributed by atoms with van der Waals surface area (Å²) in [5.74, 6) is -0.507. The molecule has 0 unspecified atom stereocenters. The number of carbonyl (C=O) groups is 1. The average molecular weight is 272 g/mol. The van der Waals surface area contributed by atoms with Gasteiger partial charge < -0.3 is 9.84 Å². The molecule has 0 bridgehead atoms. The molecule has 0 radical (unpaired) electrons. The zero-order valence-electron chi connectivity index (χ0n) is 11.7. The standard InChI is InChI=1S/C15H16N2O3/c1-4-11-5-7-12(8-6-11)20-14-13(15(18)19)9(2)10(3)16-17-14/h5-8H,4H2,1-3H3,(H,18,19). The number of benzene rings is 1. The molecule has 2 rings (SSSR count). The van der Waals surface area contributed by atoms with Crippen LogP contribution in [0, 0.1) is 13.8 Å². The molecule has 0 spiro atoms. The van der Waals surface area contributed by atoms with Crippen LogP contribution in [0.1, 0.15) is 34.1 Å². The third kappa shape index (κ3) is 2.77. The highest BCUT2D eigenvalue weighted by atomic mass is 16.5. The Morgan fingerprint density at radius 3 is 2.40 bits per heavy atom. The summed E-state index contributed by atoms with van der Waals surface area (Å²) in [5, 5.41) is 17.0. The number of aromatic carboxylic acids is 1. The van der Waals surface area contributed by atoms with Crippen molar-refractivity contribution in [3.05, 3.63) is 46.6 Å². The molecule has 0 atom stereocenters. The zero-order valence-corrected chi connectivity index (χ0v) is 11.7. The van der Waals surface area contributed by atoms with Gasteiger partial charge in [-0.25, -0.2) is 4.79 Å². The molecule has 0 amide bonds. The van der Waals surface area contributed by atoms with Crippen molar-refractivity contribution in [1.82, 2.24) is 10.2 Å². The minimum atomic E-state index is -1.07. The Bertz CT molecular complexity index is 636. The van der Waals surface area contributed by atoms with Crippen molar-refractivity contribution < 1.29 is 14.6 Å². The first-order valence-electron chi connectivity index (χ1n) is 6.37. The molecule has 104 valence electrons. The van der Waals surface area contributed by atoms with Crippen LogP contribution < -0.4 is 4.74 Å². The Kier molecular flexibility index (Phi) is 3.98. The largest absolute Gasteiger partial charge is 0.477 e. The van der Waals surface area contributed by atoms with Crippen LogP contribution in [0.3, 0.4) is 0 Å². The molecule has 0 fully saturated rings. The van der Waals surface area contributed by atoms with Crippen LogP contribution in [0.25, 0.3) is 0 Å². The topological polar surface area (TPSA) is 72.3 Å². The highest BCUT2D eigenvalue weighted by Crippen LogP contribution is 2.26. The fourth-order valence-electron chi connectivity index (χ4n) is 1.81. The number of nitrogens with zero attached hydrogens (tertiary/aromatic N) is 2. The van der Waals surface area contributed by atoms with E-state index in [4.69, 9.17) is 4.74 Å². The first-order chi connectivity index (χ1) is 9.52. The fraction of sp³-hybridized carbons (Fsp3) is 0.267. The summed E-state index contributed by atoms with van der Waals surface area (Å²) in [6.45, 7) is 5.47. The summed E-state index contributed by atoms with van der Waals surface area (Å²) >= 11 is 0. The van der Waals surface area contributed by atoms with Crippen LogP contribution in [-0.2, 0) is 6.42 Å². The van der Waals surface area contributed by atoms with Gasteiger partial charge in [0.1, 0.15) is 11.3 Å². The molecule has 1 N–H and O–H groups in total. The third-order valence-corrected chi connectivity index (χ3v) is 3.18. The van der Waals surface area contributed by atoms with E-state index in [2.05, 4.69) is 17.1 Å². The minimum Gasteiger partial charge on any atom is -0.477 e. The number of rotatable bonds is 4. The summed E-state index contributed by atoms with van der Waals surface area (Å²) < 4.78 is 5.55. The number of ether oxygens (including phenoxy) is 1. The second-order valence-electron chi connectivity index (χ2n) is 4.50. The zero-order chi connectivity index (χ0) is 14.7. The summed E-state index contributed by atoms with van der Waals surface area (Å²) in [4.78, 5) is 11.3. The summed E-state index contributed by atoms with van der Waals surface area (Å²) in [6.07, 6.45) is 0.935. The van der Waals surface area contributed by atoms with Crippen molar-refractivity contribution in [2.24, 2.45) is 0 Å². The average Bonchev–Trinajstić information content (AvgIpc) is 2.43. The van der Waals surface area contributed by atoms with Crippen LogP contribution in [0.15, 0.2) is 24.3 Å². The molecule has 0 aliphatic carbocycles. The van der Waals surface area contributed by atoms with E-state index in [1.54, 1.807) is 26.0 Å². The Morgan fingerprint density at radius 1 is 1.20 bits per heavy atom. The lowest BCUT2D eigenvalue weighted by Gasteiger charge is -2.10. The van der Waals surface area contributed by atoms with Crippen molar-refractivity contribution in [1.29, 1.82) is 0 Å². The second kappa shape index (κ2) is 5.69. The van der Waals surface area contributed by atoms with Crippen molar-refractivity contribution in [3.63, 3.8) is 0 Å². The summed E-state index contributed by atoms with van der Waals surface area (Å²) in [5.41, 5.74) is 2.38. The van der Waals surface area contributed by atoms with Crippen LogP contribution >= 0.6 is 0 Å². The van der Waals surface area contributed by atoms with Crippen LogP contribution in [0.2, 0.25) is 0 Å². The number of aryl methyl sites for hydroxylation is 2. The maximum atomic E-state index is 11.3. The Labute approximate surface area is 117 Å². The summed E-state index contributed by atoms with van der Waals surface area (Å²) in [7, 11) is 0. The molecule has 1 aromatic carbocycles. The number of carboxylic acids is 1. The molecule has 0 aliphatic heterocycles. The molecule has 0 saturated heterocycles. The first-order valence-corrected chi connectivity index (χ1v) is 6.37. The van der Waals surface area contributed by atoms with E-state index in [-0.39, 0.29) is 11.4 Å². The van der Waals surface area contributed by atoms with E-state index in [0.29, 0.717) is 17.0 Å². The molecule has 20 heavy (non-hydrogen) atoms. The molecule has 0 aliphatic rings. The Balaban J connectivity index is 2.37. The van der Waals surface area contributed by atoms with Crippen LogP contribution in [-0.4, -0.2) is 21.3 Å². The molecule has 1 aromatic heterocycles. The summed E-state index contributed by atoms with van der Waals surface area (Å²) in [6, 6.07) is 7.46. The van der Waals surface area contributed by atoms with Crippen molar-refractivity contribution in [2.45, 2.75) is 27.2 Å². The predicted molar refractivity (Wildman–Crippen MR) is 74.4 cm³/mol. The van der Waals surface area contributed by atoms with E-state index >= 15 is 0 Å². The molecule has 0 saturated carbocycles. The maximum Gasteiger partial charge on any atom is 0.341 e. The minimum absolute atomic E-state index is 0.0184. The molecule has 1 heterocycles. The smallest absolute Gasteiger partial charge is 0.341 e. The highest BCUT2D eigenvalue weighted by Gasteiger charge is 2.19. The van der Waals surface area contributed by atoms with E-state index < -0.39 is 5.97 Å². The van der Waals surface area contributed by atoms with E-state index in [0.717, 1.165) is 6.42 Å². The molecule has 5 nitrogen and oxygen atoms in total. The van der Waals surface area contributed by atoms with Gasteiger partial charge in [-0.2, -0.15) is 5.10 Å². The van der Waals surface area contributed by atoms with Crippen LogP contribution in [0.4, 0.5) is 0 Å². The SMILES string of the molecule is CCc1ccc(Oc2nnc(C)c(C)c2C(=O)O)cc1. The van der Waals surface area contributed by atoms with Gasteiger partial charge in [0, 0.05) is 0 Å². The number of carboxylic acid groups (broad SMARTS) is 1. The van der Waals surface area contributed by atoms with Gasteiger partial charge in [-0.1, -0.05) is 19.1 Å². The van der Waals surface area contributed by atoms with E-state index in [1.807, 2.05) is 12.1 Å². The van der Waals surface area contributed by atoms with Crippen molar-refractivity contribution >= 4 is 5.97 Å². The third-order valence-electron chi connectivity index (χ3n) is 3.18. The first kappa shape index (κ1) is 14.0. The lowest BCUT2D eigenvalue weighted by molar-refractivity contribution is 0.0692. The monoisotopic (exact) mass is 272 g/mol. The molecular formula is C15H16N2O3. The van der Waals surface area contributed by atoms with E-state index in [1.165, 1.54) is 5.56 Å². The van der Waals surface area contributed by atoms with E-state index in [9.17, 15) is 9.90 Å². The maximum absolute atomic E-state index is 11.3. The van der Waals surface area contributed by atoms with Gasteiger partial charge >= 0.3 is 5.97 Å². The Hall–Kier alpha value is -2.43. The van der Waals surface area contributed by atoms with Gasteiger partial charge in [0.05, 0.1) is 5.69 Å². The van der Waals surface area contributed by atoms with Gasteiger partial charge in [0.25, 0.3) is 5.88 Å². The number of aromatic nitrogens is 2. The second-order valence-corrected chi connectivity index (χ2v) is 4.50. The van der Waals surface area contributed by atoms with Gasteiger partial charge in [0.15, 0.2) is 0 Å². The fourth-order valence-corrected chi connectivity index (χ4v) is 1.81.